The number of benzene rings is 1. The Kier molecular flexibility index (Phi) is 1.69. The largest absolute Gasteiger partial charge is 0.244 e. The van der Waals surface area contributed by atoms with Crippen LogP contribution in [0.25, 0.3) is 0 Å². The Morgan fingerprint density at radius 1 is 1.29 bits per heavy atom. The maximum absolute atomic E-state index is 13.2. The maximum atomic E-state index is 13.2. The van der Waals surface area contributed by atoms with Crippen molar-refractivity contribution in [3.63, 3.8) is 0 Å². The van der Waals surface area contributed by atoms with E-state index in [4.69, 9.17) is 11.7 Å². The minimum Gasteiger partial charge on any atom is -0.204 e. The van der Waals surface area contributed by atoms with Crippen LogP contribution in [-0.2, 0) is 0 Å². The number of rotatable bonds is 0. The average molecular weight is 199 g/mol. The smallest absolute Gasteiger partial charge is 0.204 e. The molecule has 0 fully saturated rings. The first-order chi connectivity index (χ1) is 6.44. The zero-order chi connectivity index (χ0) is 10.5. The van der Waals surface area contributed by atoms with Crippen molar-refractivity contribution in [1.29, 1.82) is 0 Å². The summed E-state index contributed by atoms with van der Waals surface area (Å²) >= 11 is 0. The minimum atomic E-state index is -1.02. The van der Waals surface area contributed by atoms with Crippen molar-refractivity contribution in [2.45, 2.75) is 6.92 Å². The number of halogens is 2. The summed E-state index contributed by atoms with van der Waals surface area (Å²) in [5.74, 6) is 9.63. The Labute approximate surface area is 79.0 Å². The molecule has 0 saturated heterocycles. The molecule has 14 heavy (non-hydrogen) atoms. The van der Waals surface area contributed by atoms with E-state index in [0.29, 0.717) is 5.84 Å². The van der Waals surface area contributed by atoms with E-state index in [9.17, 15) is 8.78 Å². The van der Waals surface area contributed by atoms with E-state index < -0.39 is 16.3 Å². The fourth-order valence-corrected chi connectivity index (χ4v) is 1.35. The zero-order valence-electron chi connectivity index (χ0n) is 7.46. The molecule has 6 heteroatoms. The molecule has 2 rings (SSSR count). The quantitative estimate of drug-likeness (QED) is 0.485. The van der Waals surface area contributed by atoms with Gasteiger partial charge in [0.2, 0.25) is 11.5 Å². The number of quaternary nitrogens is 1. The standard InChI is InChI=1S/C8H9F2N4/c1-4-13-8-6(14(4,11)12)3-2-5(9)7(8)10/h2-3H,11-12H2,1H3/q+1. The highest BCUT2D eigenvalue weighted by atomic mass is 19.2. The van der Waals surface area contributed by atoms with E-state index in [1.807, 2.05) is 0 Å². The fraction of sp³-hybridized carbons (Fsp3) is 0.125. The third-order valence-corrected chi connectivity index (χ3v) is 2.26. The summed E-state index contributed by atoms with van der Waals surface area (Å²) in [6.07, 6.45) is 0. The number of nitrogens with two attached hydrogens (primary N) is 2. The molecular formula is C8H9F2N4+. The number of fused-ring (bicyclic) bond motifs is 1. The van der Waals surface area contributed by atoms with Gasteiger partial charge in [-0.15, -0.1) is 11.7 Å². The van der Waals surface area contributed by atoms with Crippen LogP contribution in [0.1, 0.15) is 6.92 Å². The lowest BCUT2D eigenvalue weighted by atomic mass is 10.2. The second kappa shape index (κ2) is 2.57. The van der Waals surface area contributed by atoms with Crippen LogP contribution >= 0.6 is 0 Å². The molecule has 4 N–H and O–H groups in total. The molecule has 0 aliphatic carbocycles. The monoisotopic (exact) mass is 199 g/mol. The number of nitrogens with zero attached hydrogens (tertiary/aromatic N) is 2. The fourth-order valence-electron chi connectivity index (χ4n) is 1.35. The van der Waals surface area contributed by atoms with Crippen LogP contribution in [0.5, 0.6) is 0 Å². The molecular weight excluding hydrogens is 190 g/mol. The molecule has 0 unspecified atom stereocenters. The normalized spacial score (nSPS) is 17.9. The molecule has 1 aliphatic heterocycles. The van der Waals surface area contributed by atoms with E-state index in [1.54, 1.807) is 6.92 Å². The second-order valence-electron chi connectivity index (χ2n) is 3.17. The van der Waals surface area contributed by atoms with Crippen molar-refractivity contribution in [2.24, 2.45) is 16.7 Å². The topological polar surface area (TPSA) is 64.4 Å². The molecule has 4 nitrogen and oxygen atoms in total. The third kappa shape index (κ3) is 0.985. The van der Waals surface area contributed by atoms with Gasteiger partial charge in [-0.05, 0) is 6.07 Å². The summed E-state index contributed by atoms with van der Waals surface area (Å²) in [5.41, 5.74) is 0.133. The van der Waals surface area contributed by atoms with Crippen molar-refractivity contribution in [2.75, 3.05) is 0 Å². The van der Waals surface area contributed by atoms with Crippen LogP contribution < -0.4 is 16.4 Å². The SMILES string of the molecule is CC1=Nc2c(ccc(F)c2F)[N+]1(N)N. The highest BCUT2D eigenvalue weighted by molar-refractivity contribution is 5.99. The summed E-state index contributed by atoms with van der Waals surface area (Å²) in [6.45, 7) is 1.55. The van der Waals surface area contributed by atoms with Gasteiger partial charge in [-0.3, -0.25) is 0 Å². The van der Waals surface area contributed by atoms with Gasteiger partial charge >= 0.3 is 0 Å². The molecule has 0 atom stereocenters. The maximum Gasteiger partial charge on any atom is 0.244 e. The minimum absolute atomic E-state index is 0.118. The van der Waals surface area contributed by atoms with Crippen molar-refractivity contribution < 1.29 is 8.78 Å². The highest BCUT2D eigenvalue weighted by Gasteiger charge is 2.38. The molecule has 1 aliphatic rings. The number of aliphatic imine (C=N–C) groups is 1. The predicted molar refractivity (Wildman–Crippen MR) is 49.3 cm³/mol. The Balaban J connectivity index is 2.74. The number of amidine groups is 1. The highest BCUT2D eigenvalue weighted by Crippen LogP contribution is 2.38. The van der Waals surface area contributed by atoms with E-state index in [2.05, 4.69) is 4.99 Å². The lowest BCUT2D eigenvalue weighted by molar-refractivity contribution is 0.453. The van der Waals surface area contributed by atoms with Crippen molar-refractivity contribution >= 4 is 17.2 Å². The third-order valence-electron chi connectivity index (χ3n) is 2.26. The van der Waals surface area contributed by atoms with Gasteiger partial charge in [-0.25, -0.2) is 8.78 Å². The molecule has 1 aromatic carbocycles. The zero-order valence-corrected chi connectivity index (χ0v) is 7.46. The second-order valence-corrected chi connectivity index (χ2v) is 3.17. The van der Waals surface area contributed by atoms with Gasteiger partial charge in [0.05, 0.1) is 0 Å². The molecule has 0 amide bonds. The Bertz CT molecular complexity index is 439. The van der Waals surface area contributed by atoms with E-state index in [1.165, 1.54) is 6.07 Å². The van der Waals surface area contributed by atoms with Gasteiger partial charge < -0.3 is 0 Å². The molecule has 0 saturated carbocycles. The lowest BCUT2D eigenvalue weighted by Gasteiger charge is -2.19. The Hall–Kier alpha value is -1.37. The first-order valence-corrected chi connectivity index (χ1v) is 3.95. The van der Waals surface area contributed by atoms with Gasteiger partial charge in [-0.1, -0.05) is 4.70 Å². The van der Waals surface area contributed by atoms with Crippen LogP contribution in [0.3, 0.4) is 0 Å². The van der Waals surface area contributed by atoms with Crippen molar-refractivity contribution in [1.82, 2.24) is 4.70 Å². The molecule has 0 aromatic heterocycles. The lowest BCUT2D eigenvalue weighted by Crippen LogP contribution is -2.63. The Morgan fingerprint density at radius 3 is 2.57 bits per heavy atom. The predicted octanol–water partition coefficient (Wildman–Crippen LogP) is 1.08. The van der Waals surface area contributed by atoms with Crippen LogP contribution in [0.4, 0.5) is 20.2 Å². The summed E-state index contributed by atoms with van der Waals surface area (Å²) in [6, 6.07) is 2.31. The number of hydrogen-bond acceptors (Lipinski definition) is 3. The van der Waals surface area contributed by atoms with Crippen molar-refractivity contribution in [3.8, 4) is 0 Å². The molecule has 1 aromatic rings. The van der Waals surface area contributed by atoms with Gasteiger partial charge in [0.25, 0.3) is 0 Å². The molecule has 0 spiro atoms. The molecule has 1 heterocycles. The summed E-state index contributed by atoms with van der Waals surface area (Å²) < 4.78 is 25.4. The van der Waals surface area contributed by atoms with Gasteiger partial charge in [0.1, 0.15) is 0 Å². The Morgan fingerprint density at radius 2 is 1.93 bits per heavy atom. The van der Waals surface area contributed by atoms with Crippen LogP contribution in [-0.4, -0.2) is 5.84 Å². The first-order valence-electron chi connectivity index (χ1n) is 3.95. The average Bonchev–Trinajstić information content (AvgIpc) is 2.33. The van der Waals surface area contributed by atoms with Crippen LogP contribution in [0, 0.1) is 11.6 Å². The molecule has 74 valence electrons. The van der Waals surface area contributed by atoms with Gasteiger partial charge in [-0.2, -0.15) is 4.99 Å². The van der Waals surface area contributed by atoms with E-state index >= 15 is 0 Å². The summed E-state index contributed by atoms with van der Waals surface area (Å²) in [7, 11) is 0. The first kappa shape index (κ1) is 9.20. The van der Waals surface area contributed by atoms with Crippen LogP contribution in [0.15, 0.2) is 17.1 Å². The number of hydrogen-bond donors (Lipinski definition) is 2. The molecule has 0 bridgehead atoms. The van der Waals surface area contributed by atoms with E-state index in [-0.39, 0.29) is 11.4 Å². The van der Waals surface area contributed by atoms with E-state index in [0.717, 1.165) is 6.07 Å². The molecule has 0 radical (unpaired) electrons. The van der Waals surface area contributed by atoms with Crippen LogP contribution in [0.2, 0.25) is 0 Å². The summed E-state index contributed by atoms with van der Waals surface area (Å²) in [4.78, 5) is 3.79. The van der Waals surface area contributed by atoms with Gasteiger partial charge in [0, 0.05) is 13.0 Å². The van der Waals surface area contributed by atoms with Crippen molar-refractivity contribution in [3.05, 3.63) is 23.8 Å². The van der Waals surface area contributed by atoms with Gasteiger partial charge in [0.15, 0.2) is 17.3 Å². The summed E-state index contributed by atoms with van der Waals surface area (Å²) in [5, 5.41) is 0.